The molecule has 2 aliphatic rings. The van der Waals surface area contributed by atoms with Gasteiger partial charge in [-0.3, -0.25) is 4.79 Å². The molecule has 96 valence electrons. The Morgan fingerprint density at radius 1 is 1.47 bits per heavy atom. The number of aliphatic hydroxyl groups excluding tert-OH is 1. The summed E-state index contributed by atoms with van der Waals surface area (Å²) in [5.74, 6) is -1.20. The number of hydrogen-bond donors (Lipinski definition) is 3. The molecule has 3 N–H and O–H groups in total. The summed E-state index contributed by atoms with van der Waals surface area (Å²) in [5, 5.41) is 21.7. The van der Waals surface area contributed by atoms with Gasteiger partial charge in [-0.05, 0) is 19.9 Å². The second-order valence-electron chi connectivity index (χ2n) is 5.19. The maximum Gasteiger partial charge on any atom is 0.326 e. The zero-order valence-corrected chi connectivity index (χ0v) is 9.85. The lowest BCUT2D eigenvalue weighted by Gasteiger charge is -2.30. The second kappa shape index (κ2) is 4.27. The lowest BCUT2D eigenvalue weighted by Crippen LogP contribution is -2.48. The van der Waals surface area contributed by atoms with Crippen molar-refractivity contribution in [3.8, 4) is 0 Å². The second-order valence-corrected chi connectivity index (χ2v) is 5.19. The number of aliphatic carboxylic acids is 1. The van der Waals surface area contributed by atoms with Crippen LogP contribution in [-0.4, -0.2) is 58.8 Å². The van der Waals surface area contributed by atoms with Crippen LogP contribution < -0.4 is 5.32 Å². The third-order valence-corrected chi connectivity index (χ3v) is 3.71. The Balaban J connectivity index is 2.15. The number of nitrogens with zero attached hydrogens (tertiary/aromatic N) is 1. The van der Waals surface area contributed by atoms with Crippen molar-refractivity contribution in [3.63, 3.8) is 0 Å². The van der Waals surface area contributed by atoms with Crippen molar-refractivity contribution in [2.45, 2.75) is 31.9 Å². The Hall–Kier alpha value is -1.14. The van der Waals surface area contributed by atoms with Gasteiger partial charge in [0.15, 0.2) is 0 Å². The van der Waals surface area contributed by atoms with Crippen LogP contribution in [0.15, 0.2) is 0 Å². The van der Waals surface area contributed by atoms with Gasteiger partial charge in [0.25, 0.3) is 0 Å². The molecule has 3 atom stereocenters. The van der Waals surface area contributed by atoms with Gasteiger partial charge in [0.2, 0.25) is 5.91 Å². The van der Waals surface area contributed by atoms with E-state index in [1.165, 1.54) is 4.90 Å². The first kappa shape index (κ1) is 12.3. The molecule has 2 heterocycles. The van der Waals surface area contributed by atoms with Crippen molar-refractivity contribution in [2.24, 2.45) is 5.41 Å². The van der Waals surface area contributed by atoms with E-state index in [0.717, 1.165) is 6.54 Å². The van der Waals surface area contributed by atoms with Crippen molar-refractivity contribution < 1.29 is 19.8 Å². The summed E-state index contributed by atoms with van der Waals surface area (Å²) in [7, 11) is 0. The quantitative estimate of drug-likeness (QED) is 0.580. The first-order valence-corrected chi connectivity index (χ1v) is 5.87. The Bertz CT molecular complexity index is 338. The van der Waals surface area contributed by atoms with Gasteiger partial charge in [-0.2, -0.15) is 0 Å². The highest BCUT2D eigenvalue weighted by Gasteiger charge is 2.46. The van der Waals surface area contributed by atoms with E-state index in [1.807, 2.05) is 6.92 Å². The number of rotatable bonds is 2. The Kier molecular flexibility index (Phi) is 3.09. The van der Waals surface area contributed by atoms with Crippen molar-refractivity contribution >= 4 is 11.9 Å². The lowest BCUT2D eigenvalue weighted by molar-refractivity contribution is -0.152. The molecule has 0 saturated carbocycles. The molecule has 0 bridgehead atoms. The van der Waals surface area contributed by atoms with Crippen molar-refractivity contribution in [1.29, 1.82) is 0 Å². The molecule has 2 saturated heterocycles. The zero-order valence-electron chi connectivity index (χ0n) is 9.85. The minimum atomic E-state index is -1.04. The van der Waals surface area contributed by atoms with Crippen LogP contribution in [0.25, 0.3) is 0 Å². The Morgan fingerprint density at radius 3 is 2.71 bits per heavy atom. The Morgan fingerprint density at radius 2 is 2.18 bits per heavy atom. The van der Waals surface area contributed by atoms with E-state index in [1.54, 1.807) is 0 Å². The molecule has 0 aliphatic carbocycles. The molecule has 2 aliphatic heterocycles. The molecule has 0 spiro atoms. The summed E-state index contributed by atoms with van der Waals surface area (Å²) >= 11 is 0. The summed E-state index contributed by atoms with van der Waals surface area (Å²) < 4.78 is 0. The number of aliphatic hydroxyl groups is 1. The van der Waals surface area contributed by atoms with Crippen LogP contribution in [0.5, 0.6) is 0 Å². The van der Waals surface area contributed by atoms with Gasteiger partial charge in [0.1, 0.15) is 6.04 Å². The molecule has 0 aromatic rings. The molecule has 17 heavy (non-hydrogen) atoms. The van der Waals surface area contributed by atoms with E-state index in [4.69, 9.17) is 5.11 Å². The molecular weight excluding hydrogens is 224 g/mol. The van der Waals surface area contributed by atoms with E-state index < -0.39 is 23.5 Å². The molecule has 1 unspecified atom stereocenters. The van der Waals surface area contributed by atoms with Crippen LogP contribution in [-0.2, 0) is 9.59 Å². The fraction of sp³-hybridized carbons (Fsp3) is 0.818. The topological polar surface area (TPSA) is 89.9 Å². The van der Waals surface area contributed by atoms with Crippen molar-refractivity contribution in [3.05, 3.63) is 0 Å². The third-order valence-electron chi connectivity index (χ3n) is 3.71. The van der Waals surface area contributed by atoms with Crippen LogP contribution >= 0.6 is 0 Å². The van der Waals surface area contributed by atoms with E-state index in [-0.39, 0.29) is 18.9 Å². The number of amides is 1. The fourth-order valence-electron chi connectivity index (χ4n) is 2.62. The van der Waals surface area contributed by atoms with Crippen LogP contribution in [0.4, 0.5) is 0 Å². The minimum Gasteiger partial charge on any atom is -0.480 e. The molecule has 1 amide bonds. The van der Waals surface area contributed by atoms with Gasteiger partial charge in [0.05, 0.1) is 11.5 Å². The van der Waals surface area contributed by atoms with E-state index in [2.05, 4.69) is 5.32 Å². The zero-order chi connectivity index (χ0) is 12.6. The number of carboxylic acids is 1. The van der Waals surface area contributed by atoms with Gasteiger partial charge in [0, 0.05) is 19.5 Å². The average molecular weight is 242 g/mol. The number of carboxylic acid groups (broad SMARTS) is 1. The van der Waals surface area contributed by atoms with Gasteiger partial charge >= 0.3 is 5.97 Å². The first-order chi connectivity index (χ1) is 7.94. The first-order valence-electron chi connectivity index (χ1n) is 5.87. The summed E-state index contributed by atoms with van der Waals surface area (Å²) in [5.41, 5.74) is -0.530. The monoisotopic (exact) mass is 242 g/mol. The molecule has 2 rings (SSSR count). The number of carbonyl (C=O) groups excluding carboxylic acids is 1. The molecule has 6 nitrogen and oxygen atoms in total. The van der Waals surface area contributed by atoms with Crippen LogP contribution in [0, 0.1) is 5.41 Å². The smallest absolute Gasteiger partial charge is 0.326 e. The highest BCUT2D eigenvalue weighted by molar-refractivity contribution is 5.88. The van der Waals surface area contributed by atoms with Gasteiger partial charge in [-0.15, -0.1) is 0 Å². The summed E-state index contributed by atoms with van der Waals surface area (Å²) in [6, 6.07) is -0.880. The molecule has 0 aromatic carbocycles. The molecule has 2 fully saturated rings. The molecule has 0 aromatic heterocycles. The maximum absolute atomic E-state index is 12.3. The fourth-order valence-corrected chi connectivity index (χ4v) is 2.62. The van der Waals surface area contributed by atoms with Crippen LogP contribution in [0.1, 0.15) is 19.8 Å². The van der Waals surface area contributed by atoms with E-state index in [9.17, 15) is 14.7 Å². The highest BCUT2D eigenvalue weighted by atomic mass is 16.4. The highest BCUT2D eigenvalue weighted by Crippen LogP contribution is 2.31. The van der Waals surface area contributed by atoms with Gasteiger partial charge < -0.3 is 20.4 Å². The number of hydrogen-bond acceptors (Lipinski definition) is 4. The molecular formula is C11H18N2O4. The predicted molar refractivity (Wildman–Crippen MR) is 59.4 cm³/mol. The third kappa shape index (κ3) is 2.14. The number of likely N-dealkylation sites (tertiary alicyclic amines) is 1. The van der Waals surface area contributed by atoms with Gasteiger partial charge in [-0.25, -0.2) is 4.79 Å². The number of β-amino-alcohol motifs (C(OH)–C–C–N with tert-alkyl or cyclic N) is 1. The molecule has 0 radical (unpaired) electrons. The largest absolute Gasteiger partial charge is 0.480 e. The van der Waals surface area contributed by atoms with Gasteiger partial charge in [-0.1, -0.05) is 0 Å². The van der Waals surface area contributed by atoms with Crippen molar-refractivity contribution in [1.82, 2.24) is 10.2 Å². The van der Waals surface area contributed by atoms with E-state index in [0.29, 0.717) is 13.0 Å². The number of nitrogens with one attached hydrogen (secondary N) is 1. The number of carbonyl (C=O) groups is 2. The normalized spacial score (nSPS) is 37.4. The Labute approximate surface area is 99.6 Å². The average Bonchev–Trinajstić information content (AvgIpc) is 2.84. The summed E-state index contributed by atoms with van der Waals surface area (Å²) in [6.45, 7) is 3.32. The molecule has 6 heteroatoms. The minimum absolute atomic E-state index is 0.130. The summed E-state index contributed by atoms with van der Waals surface area (Å²) in [6.07, 6.45) is 0.119. The predicted octanol–water partition coefficient (Wildman–Crippen LogP) is -0.968. The maximum atomic E-state index is 12.3. The van der Waals surface area contributed by atoms with E-state index >= 15 is 0 Å². The summed E-state index contributed by atoms with van der Waals surface area (Å²) in [4.78, 5) is 24.7. The SMILES string of the molecule is CC1(C(=O)N2C[C@@H](O)C[C@H]2C(=O)O)CCNC1. The van der Waals surface area contributed by atoms with Crippen LogP contribution in [0.2, 0.25) is 0 Å². The van der Waals surface area contributed by atoms with Crippen molar-refractivity contribution in [2.75, 3.05) is 19.6 Å². The lowest BCUT2D eigenvalue weighted by atomic mass is 9.88. The standard InChI is InChI=1S/C11H18N2O4/c1-11(2-3-12-6-11)10(17)13-5-7(14)4-8(13)9(15)16/h7-8,12,14H,2-6H2,1H3,(H,15,16)/t7-,8-,11?/m0/s1. The van der Waals surface area contributed by atoms with Crippen LogP contribution in [0.3, 0.4) is 0 Å².